The van der Waals surface area contributed by atoms with E-state index in [1.165, 1.54) is 4.90 Å². The van der Waals surface area contributed by atoms with Crippen LogP contribution in [-0.4, -0.2) is 68.1 Å². The number of carbonyl (C=O) groups is 2. The average molecular weight is 346 g/mol. The molecule has 23 heavy (non-hydrogen) atoms. The van der Waals surface area contributed by atoms with E-state index in [-0.39, 0.29) is 12.5 Å². The third-order valence-electron chi connectivity index (χ3n) is 4.03. The van der Waals surface area contributed by atoms with E-state index >= 15 is 0 Å². The highest BCUT2D eigenvalue weighted by Gasteiger charge is 2.48. The molecule has 0 saturated carbocycles. The van der Waals surface area contributed by atoms with Gasteiger partial charge in [0.2, 0.25) is 0 Å². The van der Waals surface area contributed by atoms with Gasteiger partial charge in [0.1, 0.15) is 5.60 Å². The Labute approximate surface area is 139 Å². The molecule has 7 nitrogen and oxygen atoms in total. The van der Waals surface area contributed by atoms with Gasteiger partial charge < -0.3 is 20.1 Å². The van der Waals surface area contributed by atoms with E-state index in [0.717, 1.165) is 12.8 Å². The number of carboxylic acids is 1. The molecule has 2 aliphatic heterocycles. The smallest absolute Gasteiger partial charge is 0.410 e. The van der Waals surface area contributed by atoms with E-state index < -0.39 is 34.0 Å². The van der Waals surface area contributed by atoms with Gasteiger partial charge in [-0.1, -0.05) is 0 Å². The Balaban J connectivity index is 1.93. The normalized spacial score (nSPS) is 27.2. The third kappa shape index (κ3) is 5.17. The summed E-state index contributed by atoms with van der Waals surface area (Å²) >= 11 is 0. The Morgan fingerprint density at radius 1 is 1.30 bits per heavy atom. The first-order valence-electron chi connectivity index (χ1n) is 7.91. The fraction of sp³-hybridized carbons (Fsp3) is 0.867. The van der Waals surface area contributed by atoms with E-state index in [2.05, 4.69) is 5.32 Å². The van der Waals surface area contributed by atoms with Crippen LogP contribution in [0, 0.1) is 0 Å². The molecule has 0 atom stereocenters. The molecule has 132 valence electrons. The van der Waals surface area contributed by atoms with E-state index in [1.807, 2.05) is 0 Å². The molecule has 2 aliphatic rings. The van der Waals surface area contributed by atoms with Crippen molar-refractivity contribution in [1.29, 1.82) is 0 Å². The fourth-order valence-corrected chi connectivity index (χ4v) is 4.35. The van der Waals surface area contributed by atoms with Crippen LogP contribution in [0.4, 0.5) is 4.79 Å². The Hall–Kier alpha value is -1.15. The lowest BCUT2D eigenvalue weighted by Crippen LogP contribution is -2.73. The zero-order valence-corrected chi connectivity index (χ0v) is 14.8. The first-order chi connectivity index (χ1) is 10.6. The Morgan fingerprint density at radius 2 is 1.87 bits per heavy atom. The van der Waals surface area contributed by atoms with Crippen molar-refractivity contribution < 1.29 is 23.6 Å². The van der Waals surface area contributed by atoms with E-state index in [4.69, 9.17) is 4.74 Å². The molecule has 0 radical (unpaired) electrons. The van der Waals surface area contributed by atoms with Crippen molar-refractivity contribution in [1.82, 2.24) is 10.2 Å². The Bertz CT molecular complexity index is 487. The van der Waals surface area contributed by atoms with E-state index in [9.17, 15) is 18.9 Å². The Kier molecular flexibility index (Phi) is 5.35. The predicted octanol–water partition coefficient (Wildman–Crippen LogP) is 0.951. The minimum Gasteiger partial charge on any atom is -0.481 e. The summed E-state index contributed by atoms with van der Waals surface area (Å²) in [4.78, 5) is 24.8. The maximum absolute atomic E-state index is 12.0. The summed E-state index contributed by atoms with van der Waals surface area (Å²) in [5.74, 6) is 0.411. The maximum atomic E-state index is 12.0. The summed E-state index contributed by atoms with van der Waals surface area (Å²) < 4.78 is 16.7. The molecule has 2 saturated heterocycles. The number of hydrogen-bond acceptors (Lipinski definition) is 5. The molecular weight excluding hydrogens is 320 g/mol. The summed E-state index contributed by atoms with van der Waals surface area (Å²) in [6.07, 6.45) is 1.11. The van der Waals surface area contributed by atoms with Crippen LogP contribution < -0.4 is 5.32 Å². The summed E-state index contributed by atoms with van der Waals surface area (Å²) in [6.45, 7) is 6.06. The summed E-state index contributed by atoms with van der Waals surface area (Å²) in [6, 6.07) is 0.160. The summed E-state index contributed by atoms with van der Waals surface area (Å²) in [5, 5.41) is 12.6. The zero-order valence-electron chi connectivity index (χ0n) is 14.0. The van der Waals surface area contributed by atoms with Crippen LogP contribution in [0.3, 0.4) is 0 Å². The number of ether oxygens (including phenoxy) is 1. The van der Waals surface area contributed by atoms with Crippen LogP contribution in [0.15, 0.2) is 0 Å². The SMILES string of the molecule is CC(C)(C)OC(=O)N1CC(CC(=O)O)(NC2CCS(=O)CC2)C1. The molecular formula is C15H26N2O5S. The Morgan fingerprint density at radius 3 is 2.35 bits per heavy atom. The molecule has 2 fully saturated rings. The van der Waals surface area contributed by atoms with Gasteiger partial charge in [-0.05, 0) is 33.6 Å². The predicted molar refractivity (Wildman–Crippen MR) is 86.8 cm³/mol. The van der Waals surface area contributed by atoms with Crippen LogP contribution >= 0.6 is 0 Å². The molecule has 0 aliphatic carbocycles. The van der Waals surface area contributed by atoms with Crippen LogP contribution in [0.2, 0.25) is 0 Å². The highest BCUT2D eigenvalue weighted by Crippen LogP contribution is 2.28. The minimum atomic E-state index is -0.888. The van der Waals surface area contributed by atoms with Crippen molar-refractivity contribution in [2.45, 2.75) is 57.2 Å². The minimum absolute atomic E-state index is 0.0358. The highest BCUT2D eigenvalue weighted by molar-refractivity contribution is 7.85. The lowest BCUT2D eigenvalue weighted by Gasteiger charge is -2.51. The molecule has 0 bridgehead atoms. The largest absolute Gasteiger partial charge is 0.481 e. The molecule has 1 amide bonds. The standard InChI is InChI=1S/C15H26N2O5S/c1-14(2,3)22-13(20)17-9-15(10-17,8-12(18)19)16-11-4-6-23(21)7-5-11/h11,16H,4-10H2,1-3H3,(H,18,19). The number of nitrogens with one attached hydrogen (secondary N) is 1. The van der Waals surface area contributed by atoms with E-state index in [1.54, 1.807) is 20.8 Å². The lowest BCUT2D eigenvalue weighted by atomic mass is 9.85. The van der Waals surface area contributed by atoms with Gasteiger partial charge >= 0.3 is 12.1 Å². The van der Waals surface area contributed by atoms with Crippen LogP contribution in [0.1, 0.15) is 40.0 Å². The molecule has 2 heterocycles. The van der Waals surface area contributed by atoms with Gasteiger partial charge in [-0.2, -0.15) is 0 Å². The van der Waals surface area contributed by atoms with Gasteiger partial charge in [0.05, 0.1) is 12.0 Å². The second-order valence-corrected chi connectivity index (χ2v) is 9.15. The first kappa shape index (κ1) is 18.2. The first-order valence-corrected chi connectivity index (χ1v) is 9.40. The maximum Gasteiger partial charge on any atom is 0.410 e. The zero-order chi connectivity index (χ0) is 17.3. The van der Waals surface area contributed by atoms with Crippen molar-refractivity contribution in [3.05, 3.63) is 0 Å². The number of likely N-dealkylation sites (tertiary alicyclic amines) is 1. The van der Waals surface area contributed by atoms with Crippen molar-refractivity contribution in [2.24, 2.45) is 0 Å². The second-order valence-electron chi connectivity index (χ2n) is 7.45. The van der Waals surface area contributed by atoms with E-state index in [0.29, 0.717) is 24.6 Å². The number of rotatable bonds is 4. The number of carbonyl (C=O) groups excluding carboxylic acids is 1. The number of hydrogen-bond donors (Lipinski definition) is 2. The van der Waals surface area contributed by atoms with Gasteiger partial charge in [0, 0.05) is 41.4 Å². The van der Waals surface area contributed by atoms with Crippen LogP contribution in [-0.2, 0) is 20.3 Å². The number of aliphatic carboxylic acids is 1. The quantitative estimate of drug-likeness (QED) is 0.787. The van der Waals surface area contributed by atoms with Crippen molar-refractivity contribution in [2.75, 3.05) is 24.6 Å². The molecule has 0 aromatic heterocycles. The molecule has 2 N–H and O–H groups in total. The van der Waals surface area contributed by atoms with Crippen molar-refractivity contribution >= 4 is 22.9 Å². The van der Waals surface area contributed by atoms with Crippen LogP contribution in [0.5, 0.6) is 0 Å². The second kappa shape index (κ2) is 6.76. The summed E-state index contributed by atoms with van der Waals surface area (Å²) in [7, 11) is -0.751. The molecule has 0 aromatic carbocycles. The van der Waals surface area contributed by atoms with Crippen LogP contribution in [0.25, 0.3) is 0 Å². The molecule has 2 rings (SSSR count). The van der Waals surface area contributed by atoms with Gasteiger partial charge in [-0.3, -0.25) is 9.00 Å². The third-order valence-corrected chi connectivity index (χ3v) is 5.41. The molecule has 0 spiro atoms. The van der Waals surface area contributed by atoms with Gasteiger partial charge in [0.15, 0.2) is 0 Å². The van der Waals surface area contributed by atoms with Gasteiger partial charge in [-0.25, -0.2) is 4.79 Å². The fourth-order valence-electron chi connectivity index (χ4n) is 3.05. The van der Waals surface area contributed by atoms with Crippen molar-refractivity contribution in [3.63, 3.8) is 0 Å². The van der Waals surface area contributed by atoms with Gasteiger partial charge in [-0.15, -0.1) is 0 Å². The highest BCUT2D eigenvalue weighted by atomic mass is 32.2. The lowest BCUT2D eigenvalue weighted by molar-refractivity contribution is -0.141. The molecule has 0 unspecified atom stereocenters. The van der Waals surface area contributed by atoms with Crippen molar-refractivity contribution in [3.8, 4) is 0 Å². The summed E-state index contributed by atoms with van der Waals surface area (Å²) in [5.41, 5.74) is -1.17. The number of nitrogens with zero attached hydrogens (tertiary/aromatic N) is 1. The molecule has 0 aromatic rings. The number of amides is 1. The number of carboxylic acid groups (broad SMARTS) is 1. The topological polar surface area (TPSA) is 95.9 Å². The average Bonchev–Trinajstić information content (AvgIpc) is 2.35. The van der Waals surface area contributed by atoms with Gasteiger partial charge in [0.25, 0.3) is 0 Å². The molecule has 8 heteroatoms. The monoisotopic (exact) mass is 346 g/mol.